The minimum absolute atomic E-state index is 0.0622. The van der Waals surface area contributed by atoms with Crippen molar-refractivity contribution in [2.75, 3.05) is 0 Å². The van der Waals surface area contributed by atoms with Crippen molar-refractivity contribution < 1.29 is 41.6 Å². The molecule has 0 saturated carbocycles. The quantitative estimate of drug-likeness (QED) is 0.110. The molecule has 8 rings (SSSR count). The van der Waals surface area contributed by atoms with E-state index >= 15 is 0 Å². The Morgan fingerprint density at radius 1 is 0.446 bits per heavy atom. The van der Waals surface area contributed by atoms with Gasteiger partial charge in [0.1, 0.15) is 0 Å². The average Bonchev–Trinajstić information content (AvgIpc) is 3.79. The molecule has 6 aromatic rings. The summed E-state index contributed by atoms with van der Waals surface area (Å²) in [5, 5.41) is 0. The molecule has 6 aromatic carbocycles. The Bertz CT molecular complexity index is 2370. The Morgan fingerprint density at radius 2 is 0.786 bits per heavy atom. The zero-order valence-corrected chi connectivity index (χ0v) is 36.5. The molecular formula is C46H35Cl2F6HfSi. The molecule has 0 spiro atoms. The van der Waals surface area contributed by atoms with Gasteiger partial charge in [-0.1, -0.05) is 0 Å². The second-order valence-electron chi connectivity index (χ2n) is 14.9. The normalized spacial score (nSPS) is 17.5. The summed E-state index contributed by atoms with van der Waals surface area (Å²) in [7, 11) is 17.4. The molecule has 0 nitrogen and oxygen atoms in total. The van der Waals surface area contributed by atoms with E-state index in [1.54, 1.807) is 36.4 Å². The number of hydrogen-bond donors (Lipinski definition) is 0. The van der Waals surface area contributed by atoms with Gasteiger partial charge in [-0.15, -0.1) is 0 Å². The van der Waals surface area contributed by atoms with Crippen molar-refractivity contribution in [3.63, 3.8) is 0 Å². The number of rotatable bonds is 7. The Morgan fingerprint density at radius 3 is 1.14 bits per heavy atom. The van der Waals surface area contributed by atoms with Gasteiger partial charge in [-0.3, -0.25) is 0 Å². The third kappa shape index (κ3) is 6.32. The first-order valence-corrected chi connectivity index (χ1v) is 40.5. The van der Waals surface area contributed by atoms with Gasteiger partial charge in [0, 0.05) is 0 Å². The molecule has 10 heteroatoms. The molecule has 283 valence electrons. The number of benzene rings is 6. The van der Waals surface area contributed by atoms with Gasteiger partial charge in [0.15, 0.2) is 0 Å². The molecule has 0 aromatic heterocycles. The van der Waals surface area contributed by atoms with Crippen molar-refractivity contribution in [3.05, 3.63) is 190 Å². The van der Waals surface area contributed by atoms with Crippen LogP contribution in [0.25, 0.3) is 45.6 Å². The van der Waals surface area contributed by atoms with Crippen LogP contribution in [-0.2, 0) is 27.7 Å². The summed E-state index contributed by atoms with van der Waals surface area (Å²) in [5.74, 6) is -2.21. The zero-order valence-electron chi connectivity index (χ0n) is 30.3. The summed E-state index contributed by atoms with van der Waals surface area (Å²) in [6.07, 6.45) is -5.23. The molecule has 0 aliphatic heterocycles. The Balaban J connectivity index is 1.44. The van der Waals surface area contributed by atoms with Crippen molar-refractivity contribution in [2.24, 2.45) is 0 Å². The molecule has 0 heterocycles. The average molecular weight is 979 g/mol. The summed E-state index contributed by atoms with van der Waals surface area (Å²) in [6.45, 7) is 4.31. The van der Waals surface area contributed by atoms with Crippen molar-refractivity contribution >= 4 is 46.4 Å². The van der Waals surface area contributed by atoms with E-state index < -0.39 is 52.1 Å². The second kappa shape index (κ2) is 14.2. The van der Waals surface area contributed by atoms with Crippen LogP contribution in [0.2, 0.25) is 13.1 Å². The summed E-state index contributed by atoms with van der Waals surface area (Å²) < 4.78 is 86.2. The van der Waals surface area contributed by atoms with Crippen LogP contribution in [0, 0.1) is 0 Å². The summed E-state index contributed by atoms with van der Waals surface area (Å²) in [4.78, 5) is 0. The molecule has 56 heavy (non-hydrogen) atoms. The molecule has 0 radical (unpaired) electrons. The predicted molar refractivity (Wildman–Crippen MR) is 218 cm³/mol. The number of alkyl halides is 6. The summed E-state index contributed by atoms with van der Waals surface area (Å²) in [6, 6.07) is 41.5. The van der Waals surface area contributed by atoms with Crippen LogP contribution in [0.5, 0.6) is 0 Å². The molecule has 0 bridgehead atoms. The van der Waals surface area contributed by atoms with E-state index in [1.165, 1.54) is 24.3 Å². The molecule has 0 amide bonds. The molecule has 2 aliphatic rings. The minimum atomic E-state index is -5.86. The third-order valence-electron chi connectivity index (χ3n) is 11.6. The van der Waals surface area contributed by atoms with Crippen LogP contribution in [0.4, 0.5) is 26.3 Å². The first-order valence-electron chi connectivity index (χ1n) is 18.3. The van der Waals surface area contributed by atoms with Crippen molar-refractivity contribution in [3.8, 4) is 22.3 Å². The molecule has 2 atom stereocenters. The van der Waals surface area contributed by atoms with Crippen LogP contribution >= 0.6 is 17.2 Å². The first kappa shape index (κ1) is 38.9. The van der Waals surface area contributed by atoms with Gasteiger partial charge in [0.2, 0.25) is 0 Å². The predicted octanol–water partition coefficient (Wildman–Crippen LogP) is 14.9. The van der Waals surface area contributed by atoms with Crippen LogP contribution in [0.3, 0.4) is 0 Å². The molecule has 0 saturated heterocycles. The number of halogens is 8. The van der Waals surface area contributed by atoms with E-state index in [1.807, 2.05) is 84.9 Å². The monoisotopic (exact) mass is 979 g/mol. The number of hydrogen-bond acceptors (Lipinski definition) is 0. The Hall–Kier alpha value is -3.95. The van der Waals surface area contributed by atoms with Crippen LogP contribution in [-0.4, -0.2) is 5.98 Å². The maximum absolute atomic E-state index is 14.5. The van der Waals surface area contributed by atoms with Crippen molar-refractivity contribution in [1.29, 1.82) is 0 Å². The van der Waals surface area contributed by atoms with Gasteiger partial charge < -0.3 is 0 Å². The maximum atomic E-state index is 14.5. The Kier molecular flexibility index (Phi) is 9.83. The fraction of sp³-hybridized carbons (Fsp3) is 0.130. The standard InChI is InChI=1S/2C22H14F3.C2H7Si.2ClH.Hf/c2*23-22(24,25)21-12-5-4-10-19(21)18-11-6-9-16-13-17(14-20(16)18)15-7-2-1-3-8-15;1-3-2;;;/h2*1-14H;3H,1-2H3;2*1H;/q;;;;;+2/p-2. The van der Waals surface area contributed by atoms with Crippen molar-refractivity contribution in [1.82, 2.24) is 0 Å². The van der Waals surface area contributed by atoms with E-state index in [0.29, 0.717) is 22.3 Å². The van der Waals surface area contributed by atoms with E-state index in [9.17, 15) is 26.3 Å². The number of allylic oxidation sites excluding steroid dienone is 2. The zero-order chi connectivity index (χ0) is 39.6. The molecule has 2 unspecified atom stereocenters. The van der Waals surface area contributed by atoms with Crippen LogP contribution < -0.4 is 0 Å². The van der Waals surface area contributed by atoms with E-state index in [-0.39, 0.29) is 11.1 Å². The van der Waals surface area contributed by atoms with Crippen molar-refractivity contribution in [2.45, 2.75) is 32.8 Å². The topological polar surface area (TPSA) is 0 Å². The fourth-order valence-electron chi connectivity index (χ4n) is 8.99. The van der Waals surface area contributed by atoms with Crippen LogP contribution in [0.1, 0.15) is 51.9 Å². The van der Waals surface area contributed by atoms with E-state index in [4.69, 9.17) is 17.2 Å². The molecule has 0 N–H and O–H groups in total. The SMILES string of the molecule is C[SiH](C)[Hf]([Cl])([Cl])([CH]1C(c2ccccc2)=Cc2c(-c3ccccc3C(F)(F)F)cccc21)[CH]1C(c2ccccc2)=Cc2c(-c3ccccc3C(F)(F)F)cccc21. The fourth-order valence-corrected chi connectivity index (χ4v) is 51.6. The van der Waals surface area contributed by atoms with Gasteiger partial charge in [-0.2, -0.15) is 0 Å². The molecular weight excluding hydrogens is 944 g/mol. The van der Waals surface area contributed by atoms with Gasteiger partial charge in [0.05, 0.1) is 0 Å². The van der Waals surface area contributed by atoms with Crippen LogP contribution in [0.15, 0.2) is 146 Å². The summed E-state index contributed by atoms with van der Waals surface area (Å²) >= 11 is -5.86. The Labute approximate surface area is 331 Å². The number of fused-ring (bicyclic) bond motifs is 2. The third-order valence-corrected chi connectivity index (χ3v) is 84.0. The summed E-state index contributed by atoms with van der Waals surface area (Å²) in [5.41, 5.74) is 5.76. The second-order valence-corrected chi connectivity index (χ2v) is 74.2. The first-order chi connectivity index (χ1) is 26.6. The van der Waals surface area contributed by atoms with Gasteiger partial charge in [0.25, 0.3) is 0 Å². The van der Waals surface area contributed by atoms with Gasteiger partial charge in [-0.25, -0.2) is 0 Å². The van der Waals surface area contributed by atoms with E-state index in [0.717, 1.165) is 45.5 Å². The molecule has 0 fully saturated rings. The molecule has 2 aliphatic carbocycles. The van der Waals surface area contributed by atoms with E-state index in [2.05, 4.69) is 13.1 Å². The van der Waals surface area contributed by atoms with Gasteiger partial charge in [-0.05, 0) is 0 Å². The van der Waals surface area contributed by atoms with Gasteiger partial charge >= 0.3 is 333 Å².